The third-order valence-electron chi connectivity index (χ3n) is 6.92. The van der Waals surface area contributed by atoms with Crippen molar-refractivity contribution in [2.24, 2.45) is 0 Å². The minimum Gasteiger partial charge on any atom is -0.384 e. The molecule has 3 aromatic carbocycles. The van der Waals surface area contributed by atoms with Gasteiger partial charge in [-0.2, -0.15) is 5.26 Å². The SMILES string of the molecule is CCCNC(=O)c1cccc([C@](C)(O)CN2CCN(c3ccc(Cl)cc3C#N)C(c3ccc(Cl)cc3)C2)c1. The van der Waals surface area contributed by atoms with Gasteiger partial charge < -0.3 is 15.3 Å². The Morgan fingerprint density at radius 3 is 2.55 bits per heavy atom. The predicted molar refractivity (Wildman–Crippen MR) is 153 cm³/mol. The van der Waals surface area contributed by atoms with E-state index >= 15 is 0 Å². The fourth-order valence-electron chi connectivity index (χ4n) is 4.95. The maximum Gasteiger partial charge on any atom is 0.251 e. The monoisotopic (exact) mass is 550 g/mol. The summed E-state index contributed by atoms with van der Waals surface area (Å²) in [6.07, 6.45) is 0.857. The van der Waals surface area contributed by atoms with Crippen LogP contribution in [0.4, 0.5) is 5.69 Å². The molecule has 0 radical (unpaired) electrons. The molecule has 1 aliphatic rings. The Labute approximate surface area is 234 Å². The lowest BCUT2D eigenvalue weighted by molar-refractivity contribution is 0.0102. The van der Waals surface area contributed by atoms with E-state index < -0.39 is 5.60 Å². The topological polar surface area (TPSA) is 79.6 Å². The summed E-state index contributed by atoms with van der Waals surface area (Å²) < 4.78 is 0. The number of β-amino-alcohol motifs (C(OH)–C–C–N with tert-alkyl or cyclic N) is 1. The van der Waals surface area contributed by atoms with Gasteiger partial charge in [-0.1, -0.05) is 54.4 Å². The van der Waals surface area contributed by atoms with Crippen molar-refractivity contribution in [2.45, 2.75) is 31.9 Å². The van der Waals surface area contributed by atoms with Crippen LogP contribution in [0.5, 0.6) is 0 Å². The molecular formula is C30H32Cl2N4O2. The van der Waals surface area contributed by atoms with E-state index in [9.17, 15) is 15.2 Å². The standard InChI is InChI=1S/C30H32Cl2N4O2/c1-3-13-34-29(37)22-5-4-6-24(16-22)30(2,38)20-35-14-15-36(27-12-11-26(32)17-23(27)18-33)28(19-35)21-7-9-25(31)10-8-21/h4-12,16-17,28,38H,3,13-15,19-20H2,1-2H3,(H,34,37)/t28?,30-/m1/s1. The van der Waals surface area contributed by atoms with E-state index in [0.29, 0.717) is 59.5 Å². The number of amides is 1. The van der Waals surface area contributed by atoms with Crippen molar-refractivity contribution in [3.8, 4) is 6.07 Å². The van der Waals surface area contributed by atoms with Crippen LogP contribution in [-0.4, -0.2) is 48.6 Å². The third kappa shape index (κ3) is 6.48. The zero-order valence-electron chi connectivity index (χ0n) is 21.6. The molecule has 0 spiro atoms. The number of aliphatic hydroxyl groups is 1. The number of hydrogen-bond acceptors (Lipinski definition) is 5. The van der Waals surface area contributed by atoms with Crippen LogP contribution in [0, 0.1) is 11.3 Å². The van der Waals surface area contributed by atoms with Crippen LogP contribution in [0.25, 0.3) is 0 Å². The fourth-order valence-corrected chi connectivity index (χ4v) is 5.25. The summed E-state index contributed by atoms with van der Waals surface area (Å²) in [7, 11) is 0. The smallest absolute Gasteiger partial charge is 0.251 e. The highest BCUT2D eigenvalue weighted by Crippen LogP contribution is 2.35. The second-order valence-corrected chi connectivity index (χ2v) is 10.8. The van der Waals surface area contributed by atoms with Gasteiger partial charge in [0.25, 0.3) is 5.91 Å². The lowest BCUT2D eigenvalue weighted by Gasteiger charge is -2.45. The molecular weight excluding hydrogens is 519 g/mol. The minimum atomic E-state index is -1.17. The van der Waals surface area contributed by atoms with Crippen LogP contribution >= 0.6 is 23.2 Å². The van der Waals surface area contributed by atoms with Gasteiger partial charge in [0.2, 0.25) is 0 Å². The molecule has 198 valence electrons. The summed E-state index contributed by atoms with van der Waals surface area (Å²) in [6.45, 7) is 6.75. The number of hydrogen-bond donors (Lipinski definition) is 2. The highest BCUT2D eigenvalue weighted by molar-refractivity contribution is 6.31. The third-order valence-corrected chi connectivity index (χ3v) is 7.41. The summed E-state index contributed by atoms with van der Waals surface area (Å²) in [5.74, 6) is -0.142. The number of nitrogens with one attached hydrogen (secondary N) is 1. The average molecular weight is 552 g/mol. The Morgan fingerprint density at radius 2 is 1.84 bits per heavy atom. The molecule has 0 saturated carbocycles. The lowest BCUT2D eigenvalue weighted by atomic mass is 9.92. The molecule has 1 aliphatic heterocycles. The molecule has 1 heterocycles. The van der Waals surface area contributed by atoms with E-state index in [2.05, 4.69) is 21.2 Å². The van der Waals surface area contributed by atoms with Gasteiger partial charge in [0.05, 0.1) is 22.9 Å². The first-order chi connectivity index (χ1) is 18.2. The molecule has 3 aromatic rings. The van der Waals surface area contributed by atoms with E-state index in [1.54, 1.807) is 31.2 Å². The summed E-state index contributed by atoms with van der Waals surface area (Å²) >= 11 is 12.3. The van der Waals surface area contributed by atoms with Gasteiger partial charge in [0.15, 0.2) is 0 Å². The summed E-state index contributed by atoms with van der Waals surface area (Å²) in [5.41, 5.74) is 2.46. The number of nitriles is 1. The molecule has 4 rings (SSSR count). The van der Waals surface area contributed by atoms with Gasteiger partial charge in [-0.3, -0.25) is 9.69 Å². The number of nitrogens with zero attached hydrogens (tertiary/aromatic N) is 3. The first-order valence-electron chi connectivity index (χ1n) is 12.8. The molecule has 0 aliphatic carbocycles. The number of halogens is 2. The first kappa shape index (κ1) is 27.9. The van der Waals surface area contributed by atoms with E-state index in [1.165, 1.54) is 0 Å². The van der Waals surface area contributed by atoms with E-state index in [4.69, 9.17) is 23.2 Å². The summed E-state index contributed by atoms with van der Waals surface area (Å²) in [5, 5.41) is 25.4. The normalized spacial score (nSPS) is 17.5. The number of rotatable bonds is 8. The molecule has 0 bridgehead atoms. The summed E-state index contributed by atoms with van der Waals surface area (Å²) in [6, 6.07) is 22.5. The van der Waals surface area contributed by atoms with Crippen molar-refractivity contribution in [3.63, 3.8) is 0 Å². The van der Waals surface area contributed by atoms with Crippen LogP contribution in [0.3, 0.4) is 0 Å². The van der Waals surface area contributed by atoms with Crippen LogP contribution in [0.1, 0.15) is 53.4 Å². The fraction of sp³-hybridized carbons (Fsp3) is 0.333. The van der Waals surface area contributed by atoms with Crippen molar-refractivity contribution in [2.75, 3.05) is 37.6 Å². The quantitative estimate of drug-likeness (QED) is 0.371. The Hall–Kier alpha value is -3.08. The Kier molecular flexibility index (Phi) is 8.96. The number of anilines is 1. The van der Waals surface area contributed by atoms with E-state index in [0.717, 1.165) is 17.7 Å². The van der Waals surface area contributed by atoms with Gasteiger partial charge in [0.1, 0.15) is 6.07 Å². The predicted octanol–water partition coefficient (Wildman–Crippen LogP) is 5.78. The molecule has 2 atom stereocenters. The Balaban J connectivity index is 1.59. The molecule has 1 unspecified atom stereocenters. The molecule has 8 heteroatoms. The van der Waals surface area contributed by atoms with Gasteiger partial charge in [-0.25, -0.2) is 0 Å². The van der Waals surface area contributed by atoms with Crippen molar-refractivity contribution < 1.29 is 9.90 Å². The van der Waals surface area contributed by atoms with Gasteiger partial charge in [-0.15, -0.1) is 0 Å². The molecule has 2 N–H and O–H groups in total. The second-order valence-electron chi connectivity index (χ2n) is 9.88. The Morgan fingerprint density at radius 1 is 1.11 bits per heavy atom. The molecule has 1 fully saturated rings. The average Bonchev–Trinajstić information content (AvgIpc) is 2.92. The van der Waals surface area contributed by atoms with Gasteiger partial charge in [0, 0.05) is 48.3 Å². The van der Waals surface area contributed by atoms with Crippen molar-refractivity contribution in [1.82, 2.24) is 10.2 Å². The highest BCUT2D eigenvalue weighted by Gasteiger charge is 2.34. The molecule has 0 aromatic heterocycles. The molecule has 38 heavy (non-hydrogen) atoms. The number of benzene rings is 3. The van der Waals surface area contributed by atoms with Crippen LogP contribution in [-0.2, 0) is 5.60 Å². The molecule has 1 amide bonds. The molecule has 1 saturated heterocycles. The number of carbonyl (C=O) groups excluding carboxylic acids is 1. The highest BCUT2D eigenvalue weighted by atomic mass is 35.5. The first-order valence-corrected chi connectivity index (χ1v) is 13.5. The van der Waals surface area contributed by atoms with Crippen molar-refractivity contribution >= 4 is 34.8 Å². The van der Waals surface area contributed by atoms with E-state index in [-0.39, 0.29) is 11.9 Å². The minimum absolute atomic E-state index is 0.0729. The zero-order chi connectivity index (χ0) is 27.3. The van der Waals surface area contributed by atoms with Crippen molar-refractivity contribution in [3.05, 3.63) is 99.0 Å². The number of carbonyl (C=O) groups is 1. The molecule has 6 nitrogen and oxygen atoms in total. The zero-order valence-corrected chi connectivity index (χ0v) is 23.1. The maximum absolute atomic E-state index is 12.5. The van der Waals surface area contributed by atoms with Gasteiger partial charge in [-0.05, 0) is 66.9 Å². The van der Waals surface area contributed by atoms with Crippen LogP contribution in [0.2, 0.25) is 10.0 Å². The van der Waals surface area contributed by atoms with Gasteiger partial charge >= 0.3 is 0 Å². The second kappa shape index (κ2) is 12.2. The largest absolute Gasteiger partial charge is 0.384 e. The lowest BCUT2D eigenvalue weighted by Crippen LogP contribution is -2.52. The van der Waals surface area contributed by atoms with E-state index in [1.807, 2.05) is 49.4 Å². The van der Waals surface area contributed by atoms with Crippen LogP contribution in [0.15, 0.2) is 66.7 Å². The van der Waals surface area contributed by atoms with Crippen LogP contribution < -0.4 is 10.2 Å². The number of piperazine rings is 1. The summed E-state index contributed by atoms with van der Waals surface area (Å²) in [4.78, 5) is 16.9. The Bertz CT molecular complexity index is 1320. The maximum atomic E-state index is 12.5. The van der Waals surface area contributed by atoms with Crippen molar-refractivity contribution in [1.29, 1.82) is 5.26 Å².